The van der Waals surface area contributed by atoms with Gasteiger partial charge in [-0.15, -0.1) is 11.8 Å². The van der Waals surface area contributed by atoms with E-state index in [4.69, 9.17) is 21.1 Å². The monoisotopic (exact) mass is 370 g/mol. The SMILES string of the molecule is CCSc1cc(Cl)c(C2(COC(C)=O)CCC(=O)CC2)c(OC)c1. The Balaban J connectivity index is 2.48. The Morgan fingerprint density at radius 2 is 2.00 bits per heavy atom. The van der Waals surface area contributed by atoms with Crippen LogP contribution in [-0.4, -0.2) is 31.2 Å². The van der Waals surface area contributed by atoms with Gasteiger partial charge in [-0.2, -0.15) is 0 Å². The fourth-order valence-electron chi connectivity index (χ4n) is 3.20. The van der Waals surface area contributed by atoms with Crippen molar-refractivity contribution in [1.82, 2.24) is 0 Å². The first-order chi connectivity index (χ1) is 11.4. The van der Waals surface area contributed by atoms with Crippen molar-refractivity contribution in [2.75, 3.05) is 19.5 Å². The van der Waals surface area contributed by atoms with Crippen LogP contribution in [0.4, 0.5) is 0 Å². The summed E-state index contributed by atoms with van der Waals surface area (Å²) in [5, 5.41) is 0.604. The van der Waals surface area contributed by atoms with Crippen LogP contribution in [0, 0.1) is 0 Å². The van der Waals surface area contributed by atoms with Gasteiger partial charge in [0.15, 0.2) is 0 Å². The summed E-state index contributed by atoms with van der Waals surface area (Å²) < 4.78 is 10.9. The summed E-state index contributed by atoms with van der Waals surface area (Å²) >= 11 is 8.29. The van der Waals surface area contributed by atoms with Gasteiger partial charge in [0.05, 0.1) is 7.11 Å². The zero-order valence-electron chi connectivity index (χ0n) is 14.3. The molecule has 24 heavy (non-hydrogen) atoms. The minimum absolute atomic E-state index is 0.214. The molecule has 0 amide bonds. The summed E-state index contributed by atoms with van der Waals surface area (Å²) in [4.78, 5) is 24.1. The van der Waals surface area contributed by atoms with E-state index in [0.29, 0.717) is 36.5 Å². The van der Waals surface area contributed by atoms with Crippen LogP contribution >= 0.6 is 23.4 Å². The minimum Gasteiger partial charge on any atom is -0.496 e. The van der Waals surface area contributed by atoms with Gasteiger partial charge in [-0.1, -0.05) is 18.5 Å². The molecule has 0 aromatic heterocycles. The number of benzene rings is 1. The molecule has 1 aliphatic rings. The highest BCUT2D eigenvalue weighted by Gasteiger charge is 2.41. The second-order valence-corrected chi connectivity index (χ2v) is 7.76. The molecule has 0 atom stereocenters. The third-order valence-electron chi connectivity index (χ3n) is 4.41. The van der Waals surface area contributed by atoms with Crippen LogP contribution in [0.15, 0.2) is 17.0 Å². The van der Waals surface area contributed by atoms with E-state index < -0.39 is 5.41 Å². The van der Waals surface area contributed by atoms with Crippen molar-refractivity contribution in [2.45, 2.75) is 49.8 Å². The van der Waals surface area contributed by atoms with E-state index in [1.807, 2.05) is 12.1 Å². The van der Waals surface area contributed by atoms with Gasteiger partial charge < -0.3 is 9.47 Å². The van der Waals surface area contributed by atoms with Crippen LogP contribution in [0.5, 0.6) is 5.75 Å². The molecule has 0 saturated heterocycles. The normalized spacial score (nSPS) is 16.8. The maximum atomic E-state index is 11.7. The topological polar surface area (TPSA) is 52.6 Å². The van der Waals surface area contributed by atoms with Crippen molar-refractivity contribution in [2.24, 2.45) is 0 Å². The maximum Gasteiger partial charge on any atom is 0.302 e. The minimum atomic E-state index is -0.475. The van der Waals surface area contributed by atoms with Gasteiger partial charge in [-0.25, -0.2) is 0 Å². The number of thioether (sulfide) groups is 1. The molecule has 0 unspecified atom stereocenters. The highest BCUT2D eigenvalue weighted by Crippen LogP contribution is 2.47. The first kappa shape index (κ1) is 19.1. The number of methoxy groups -OCH3 is 1. The number of ether oxygens (including phenoxy) is 2. The number of esters is 1. The van der Waals surface area contributed by atoms with Gasteiger partial charge in [-0.05, 0) is 30.7 Å². The van der Waals surface area contributed by atoms with Gasteiger partial charge in [-0.3, -0.25) is 9.59 Å². The lowest BCUT2D eigenvalue weighted by atomic mass is 9.69. The molecule has 1 aromatic rings. The fourth-order valence-corrected chi connectivity index (χ4v) is 4.40. The Hall–Kier alpha value is -1.20. The Kier molecular flexibility index (Phi) is 6.58. The lowest BCUT2D eigenvalue weighted by Crippen LogP contribution is -2.38. The number of rotatable bonds is 6. The Morgan fingerprint density at radius 3 is 2.54 bits per heavy atom. The first-order valence-corrected chi connectivity index (χ1v) is 9.44. The smallest absolute Gasteiger partial charge is 0.302 e. The molecule has 1 aromatic carbocycles. The van der Waals surface area contributed by atoms with E-state index in [1.54, 1.807) is 18.9 Å². The summed E-state index contributed by atoms with van der Waals surface area (Å²) in [7, 11) is 1.61. The zero-order chi connectivity index (χ0) is 17.7. The van der Waals surface area contributed by atoms with Gasteiger partial charge in [0.2, 0.25) is 0 Å². The van der Waals surface area contributed by atoms with E-state index in [0.717, 1.165) is 16.2 Å². The molecule has 0 spiro atoms. The van der Waals surface area contributed by atoms with Crippen LogP contribution in [0.1, 0.15) is 45.1 Å². The molecule has 0 bridgehead atoms. The standard InChI is InChI=1S/C18H23ClO4S/c1-4-24-14-9-15(19)17(16(10-14)22-3)18(11-23-12(2)20)7-5-13(21)6-8-18/h9-10H,4-8,11H2,1-3H3. The lowest BCUT2D eigenvalue weighted by molar-refractivity contribution is -0.143. The van der Waals surface area contributed by atoms with Crippen LogP contribution in [0.3, 0.4) is 0 Å². The summed E-state index contributed by atoms with van der Waals surface area (Å²) in [6.45, 7) is 3.68. The second kappa shape index (κ2) is 8.26. The molecule has 4 nitrogen and oxygen atoms in total. The molecule has 132 valence electrons. The van der Waals surface area contributed by atoms with E-state index in [1.165, 1.54) is 6.92 Å². The van der Waals surface area contributed by atoms with Crippen LogP contribution < -0.4 is 4.74 Å². The number of Topliss-reactive ketones (excluding diaryl/α,β-unsaturated/α-hetero) is 1. The summed E-state index contributed by atoms with van der Waals surface area (Å²) in [6, 6.07) is 3.90. The molecular formula is C18H23ClO4S. The van der Waals surface area contributed by atoms with E-state index in [9.17, 15) is 9.59 Å². The van der Waals surface area contributed by atoms with E-state index in [2.05, 4.69) is 6.92 Å². The quantitative estimate of drug-likeness (QED) is 0.548. The Morgan fingerprint density at radius 1 is 1.33 bits per heavy atom. The highest BCUT2D eigenvalue weighted by atomic mass is 35.5. The van der Waals surface area contributed by atoms with Crippen molar-refractivity contribution < 1.29 is 19.1 Å². The highest BCUT2D eigenvalue weighted by molar-refractivity contribution is 7.99. The van der Waals surface area contributed by atoms with Gasteiger partial charge in [0.1, 0.15) is 18.1 Å². The molecule has 0 radical (unpaired) electrons. The van der Waals surface area contributed by atoms with Crippen LogP contribution in [0.2, 0.25) is 5.02 Å². The van der Waals surface area contributed by atoms with Crippen molar-refractivity contribution in [3.63, 3.8) is 0 Å². The summed E-state index contributed by atoms with van der Waals surface area (Å²) in [5.74, 6) is 1.53. The van der Waals surface area contributed by atoms with Crippen LogP contribution in [0.25, 0.3) is 0 Å². The largest absolute Gasteiger partial charge is 0.496 e. The molecule has 1 aliphatic carbocycles. The van der Waals surface area contributed by atoms with Crippen LogP contribution in [-0.2, 0) is 19.7 Å². The molecule has 6 heteroatoms. The Labute approximate surface area is 152 Å². The number of carbonyl (C=O) groups excluding carboxylic acids is 2. The third-order valence-corrected chi connectivity index (χ3v) is 5.56. The molecular weight excluding hydrogens is 348 g/mol. The number of carbonyl (C=O) groups is 2. The average molecular weight is 371 g/mol. The van der Waals surface area contributed by atoms with Crippen molar-refractivity contribution in [3.8, 4) is 5.75 Å². The van der Waals surface area contributed by atoms with E-state index in [-0.39, 0.29) is 18.4 Å². The molecule has 2 rings (SSSR count). The van der Waals surface area contributed by atoms with Gasteiger partial charge in [0.25, 0.3) is 0 Å². The third kappa shape index (κ3) is 4.25. The maximum absolute atomic E-state index is 11.7. The van der Waals surface area contributed by atoms with Gasteiger partial charge in [0, 0.05) is 40.7 Å². The molecule has 1 saturated carbocycles. The van der Waals surface area contributed by atoms with Gasteiger partial charge >= 0.3 is 5.97 Å². The molecule has 1 fully saturated rings. The molecule has 0 aliphatic heterocycles. The van der Waals surface area contributed by atoms with Crippen molar-refractivity contribution in [1.29, 1.82) is 0 Å². The summed E-state index contributed by atoms with van der Waals surface area (Å²) in [6.07, 6.45) is 2.14. The van der Waals surface area contributed by atoms with Crippen molar-refractivity contribution in [3.05, 3.63) is 22.7 Å². The average Bonchev–Trinajstić information content (AvgIpc) is 2.54. The number of hydrogen-bond donors (Lipinski definition) is 0. The fraction of sp³-hybridized carbons (Fsp3) is 0.556. The van der Waals surface area contributed by atoms with E-state index >= 15 is 0 Å². The number of halogens is 1. The number of hydrogen-bond acceptors (Lipinski definition) is 5. The van der Waals surface area contributed by atoms with Crippen molar-refractivity contribution >= 4 is 35.1 Å². The zero-order valence-corrected chi connectivity index (χ0v) is 15.9. The first-order valence-electron chi connectivity index (χ1n) is 8.07. The summed E-state index contributed by atoms with van der Waals surface area (Å²) in [5.41, 5.74) is 0.373. The second-order valence-electron chi connectivity index (χ2n) is 6.01. The number of ketones is 1. The predicted octanol–water partition coefficient (Wildman–Crippen LogP) is 4.40. The predicted molar refractivity (Wildman–Crippen MR) is 96.2 cm³/mol. The Bertz CT molecular complexity index is 620. The molecule has 0 heterocycles. The molecule has 0 N–H and O–H groups in total. The lowest BCUT2D eigenvalue weighted by Gasteiger charge is -2.38.